The first-order valence-electron chi connectivity index (χ1n) is 10.9. The predicted molar refractivity (Wildman–Crippen MR) is 136 cm³/mol. The highest BCUT2D eigenvalue weighted by Crippen LogP contribution is 2.12. The summed E-state index contributed by atoms with van der Waals surface area (Å²) in [4.78, 5) is 49.5. The molecular weight excluding hydrogens is 492 g/mol. The number of benzene rings is 1. The molecule has 0 radical (unpaired) electrons. The fraction of sp³-hybridized carbons (Fsp3) is 0.458. The van der Waals surface area contributed by atoms with Gasteiger partial charge in [-0.15, -0.1) is 12.4 Å². The van der Waals surface area contributed by atoms with Crippen molar-refractivity contribution in [2.75, 3.05) is 13.7 Å². The lowest BCUT2D eigenvalue weighted by Gasteiger charge is -2.23. The van der Waals surface area contributed by atoms with Crippen LogP contribution in [-0.2, 0) is 35.0 Å². The number of hydrogen-bond acceptors (Lipinski definition) is 8. The number of hydrogen-bond donors (Lipinski definition) is 4. The van der Waals surface area contributed by atoms with Gasteiger partial charge < -0.3 is 30.6 Å². The van der Waals surface area contributed by atoms with Gasteiger partial charge in [-0.25, -0.2) is 9.59 Å². The maximum absolute atomic E-state index is 13.1. The lowest BCUT2D eigenvalue weighted by molar-refractivity contribution is -0.155. The zero-order chi connectivity index (χ0) is 26.6. The molecule has 0 aliphatic carbocycles. The molecule has 36 heavy (non-hydrogen) atoms. The highest BCUT2D eigenvalue weighted by atomic mass is 35.5. The number of amidine groups is 1. The molecule has 2 amide bonds. The van der Waals surface area contributed by atoms with E-state index in [9.17, 15) is 19.2 Å². The second-order valence-corrected chi connectivity index (χ2v) is 8.61. The quantitative estimate of drug-likeness (QED) is 0.105. The molecule has 5 N–H and O–H groups in total. The highest BCUT2D eigenvalue weighted by molar-refractivity contribution is 5.95. The molecule has 0 aliphatic rings. The number of halogens is 1. The molecule has 1 aromatic carbocycles. The first-order chi connectivity index (χ1) is 16.4. The number of carbonyl (C=O) groups is 4. The molecule has 0 aromatic heterocycles. The summed E-state index contributed by atoms with van der Waals surface area (Å²) < 4.78 is 14.9. The van der Waals surface area contributed by atoms with E-state index in [1.165, 1.54) is 6.08 Å². The van der Waals surface area contributed by atoms with Crippen LogP contribution in [0.1, 0.15) is 44.7 Å². The van der Waals surface area contributed by atoms with E-state index in [4.69, 9.17) is 25.4 Å². The fourth-order valence-electron chi connectivity index (χ4n) is 2.90. The summed E-state index contributed by atoms with van der Waals surface area (Å²) in [5.41, 5.74) is 5.93. The van der Waals surface area contributed by atoms with Gasteiger partial charge in [0.15, 0.2) is 0 Å². The van der Waals surface area contributed by atoms with Gasteiger partial charge in [0.1, 0.15) is 30.1 Å². The van der Waals surface area contributed by atoms with Gasteiger partial charge in [0, 0.05) is 18.4 Å². The van der Waals surface area contributed by atoms with E-state index in [1.54, 1.807) is 45.0 Å². The van der Waals surface area contributed by atoms with Crippen LogP contribution in [0, 0.1) is 5.41 Å². The van der Waals surface area contributed by atoms with Crippen molar-refractivity contribution < 1.29 is 33.4 Å². The third kappa shape index (κ3) is 12.2. The molecule has 0 fully saturated rings. The minimum Gasteiger partial charge on any atom is -0.467 e. The fourth-order valence-corrected chi connectivity index (χ4v) is 2.90. The summed E-state index contributed by atoms with van der Waals surface area (Å²) in [6.45, 7) is 8.55. The Bertz CT molecular complexity index is 929. The van der Waals surface area contributed by atoms with E-state index in [0.29, 0.717) is 11.1 Å². The van der Waals surface area contributed by atoms with Crippen LogP contribution in [-0.4, -0.2) is 61.2 Å². The maximum atomic E-state index is 13.1. The van der Waals surface area contributed by atoms with Gasteiger partial charge in [0.25, 0.3) is 0 Å². The van der Waals surface area contributed by atoms with Gasteiger partial charge in [-0.05, 0) is 32.8 Å². The molecule has 0 saturated heterocycles. The van der Waals surface area contributed by atoms with Crippen molar-refractivity contribution in [3.63, 3.8) is 0 Å². The largest absolute Gasteiger partial charge is 0.467 e. The average molecular weight is 527 g/mol. The van der Waals surface area contributed by atoms with E-state index >= 15 is 0 Å². The minimum absolute atomic E-state index is 0. The number of rotatable bonds is 12. The average Bonchev–Trinajstić information content (AvgIpc) is 2.78. The van der Waals surface area contributed by atoms with Gasteiger partial charge in [-0.2, -0.15) is 0 Å². The smallest absolute Gasteiger partial charge is 0.408 e. The standard InChI is InChI=1S/C24H34N4O7.ClH/c1-6-13-34-23(32)28-18(14-15-7-9-16(10-8-15)20(25)26)21(30)27-17(22(31)33-5)11-12-19(29)35-24(2,3)4;/h6-10,17-18H,1,11-14H2,2-5H3,(H3,25,26)(H,27,30)(H,28,32);1H/t17-,18-;/m0./s1. The summed E-state index contributed by atoms with van der Waals surface area (Å²) in [6.07, 6.45) is 0.373. The Hall–Kier alpha value is -3.60. The van der Waals surface area contributed by atoms with Gasteiger partial charge in [-0.3, -0.25) is 15.0 Å². The summed E-state index contributed by atoms with van der Waals surface area (Å²) in [7, 11) is 1.16. The van der Waals surface area contributed by atoms with E-state index in [1.807, 2.05) is 0 Å². The molecule has 0 saturated carbocycles. The number of alkyl carbamates (subject to hydrolysis) is 1. The lowest BCUT2D eigenvalue weighted by atomic mass is 10.0. The van der Waals surface area contributed by atoms with E-state index in [0.717, 1.165) is 7.11 Å². The zero-order valence-electron chi connectivity index (χ0n) is 20.9. The third-order valence-electron chi connectivity index (χ3n) is 4.50. The number of nitrogens with one attached hydrogen (secondary N) is 3. The molecule has 200 valence electrons. The number of carbonyl (C=O) groups excluding carboxylic acids is 4. The van der Waals surface area contributed by atoms with Gasteiger partial charge >= 0.3 is 18.0 Å². The van der Waals surface area contributed by atoms with Crippen LogP contribution in [0.5, 0.6) is 0 Å². The second-order valence-electron chi connectivity index (χ2n) is 8.61. The van der Waals surface area contributed by atoms with Crippen LogP contribution in [0.2, 0.25) is 0 Å². The molecule has 0 heterocycles. The molecule has 0 unspecified atom stereocenters. The number of esters is 2. The molecule has 2 atom stereocenters. The van der Waals surface area contributed by atoms with Crippen LogP contribution < -0.4 is 16.4 Å². The van der Waals surface area contributed by atoms with Crippen molar-refractivity contribution >= 4 is 42.2 Å². The highest BCUT2D eigenvalue weighted by Gasteiger charge is 2.29. The number of ether oxygens (including phenoxy) is 3. The van der Waals surface area contributed by atoms with Crippen LogP contribution >= 0.6 is 12.4 Å². The molecule has 0 aliphatic heterocycles. The first kappa shape index (κ1) is 32.4. The molecule has 11 nitrogen and oxygen atoms in total. The van der Waals surface area contributed by atoms with Gasteiger partial charge in [-0.1, -0.05) is 36.9 Å². The lowest BCUT2D eigenvalue weighted by Crippen LogP contribution is -2.53. The van der Waals surface area contributed by atoms with Gasteiger partial charge in [0.05, 0.1) is 7.11 Å². The summed E-state index contributed by atoms with van der Waals surface area (Å²) in [5.74, 6) is -2.08. The second kappa shape index (κ2) is 15.4. The zero-order valence-corrected chi connectivity index (χ0v) is 21.7. The van der Waals surface area contributed by atoms with Crippen molar-refractivity contribution in [3.8, 4) is 0 Å². The maximum Gasteiger partial charge on any atom is 0.408 e. The number of amides is 2. The Morgan fingerprint density at radius 3 is 2.22 bits per heavy atom. The molecule has 0 spiro atoms. The molecule has 1 aromatic rings. The third-order valence-corrected chi connectivity index (χ3v) is 4.50. The number of methoxy groups -OCH3 is 1. The van der Waals surface area contributed by atoms with Crippen molar-refractivity contribution in [1.29, 1.82) is 5.41 Å². The Balaban J connectivity index is 0.0000122. The first-order valence-corrected chi connectivity index (χ1v) is 10.9. The number of nitrogen functional groups attached to an aromatic ring is 1. The minimum atomic E-state index is -1.14. The Morgan fingerprint density at radius 1 is 1.11 bits per heavy atom. The Labute approximate surface area is 217 Å². The van der Waals surface area contributed by atoms with Crippen LogP contribution in [0.3, 0.4) is 0 Å². The van der Waals surface area contributed by atoms with E-state index in [2.05, 4.69) is 17.2 Å². The number of nitrogens with two attached hydrogens (primary N) is 1. The van der Waals surface area contributed by atoms with E-state index < -0.39 is 41.6 Å². The molecular formula is C24H35ClN4O7. The molecule has 12 heteroatoms. The summed E-state index contributed by atoms with van der Waals surface area (Å²) in [6, 6.07) is 4.28. The van der Waals surface area contributed by atoms with Gasteiger partial charge in [0.2, 0.25) is 5.91 Å². The van der Waals surface area contributed by atoms with Crippen molar-refractivity contribution in [3.05, 3.63) is 48.0 Å². The monoisotopic (exact) mass is 526 g/mol. The summed E-state index contributed by atoms with van der Waals surface area (Å²) >= 11 is 0. The van der Waals surface area contributed by atoms with Crippen LogP contribution in [0.4, 0.5) is 4.79 Å². The van der Waals surface area contributed by atoms with Crippen molar-refractivity contribution in [2.45, 2.75) is 57.7 Å². The topological polar surface area (TPSA) is 170 Å². The molecule has 0 bridgehead atoms. The van der Waals surface area contributed by atoms with E-state index in [-0.39, 0.29) is 44.1 Å². The van der Waals surface area contributed by atoms with Crippen LogP contribution in [0.15, 0.2) is 36.9 Å². The van der Waals surface area contributed by atoms with Crippen molar-refractivity contribution in [1.82, 2.24) is 10.6 Å². The van der Waals surface area contributed by atoms with Crippen LogP contribution in [0.25, 0.3) is 0 Å². The Morgan fingerprint density at radius 2 is 1.72 bits per heavy atom. The normalized spacial score (nSPS) is 12.1. The SMILES string of the molecule is C=CCOC(=O)N[C@@H](Cc1ccc(C(=N)N)cc1)C(=O)N[C@@H](CCC(=O)OC(C)(C)C)C(=O)OC.Cl. The van der Waals surface area contributed by atoms with Crippen molar-refractivity contribution in [2.24, 2.45) is 5.73 Å². The summed E-state index contributed by atoms with van der Waals surface area (Å²) in [5, 5.41) is 12.5. The predicted octanol–water partition coefficient (Wildman–Crippen LogP) is 2.00. The molecule has 1 rings (SSSR count). The Kier molecular flexibility index (Phi) is 13.9.